The summed E-state index contributed by atoms with van der Waals surface area (Å²) in [5.74, 6) is -1.06. The molecule has 1 atom stereocenters. The second kappa shape index (κ2) is 5.36. The minimum atomic E-state index is -1.06. The minimum absolute atomic E-state index is 0.116. The lowest BCUT2D eigenvalue weighted by atomic mass is 10.0. The van der Waals surface area contributed by atoms with Crippen LogP contribution in [0.1, 0.15) is 25.2 Å². The van der Waals surface area contributed by atoms with E-state index in [1.165, 1.54) is 16.1 Å². The first-order valence-corrected chi connectivity index (χ1v) is 6.67. The molecule has 0 aromatic carbocycles. The zero-order valence-corrected chi connectivity index (χ0v) is 12.3. The van der Waals surface area contributed by atoms with Gasteiger partial charge in [-0.2, -0.15) is 0 Å². The van der Waals surface area contributed by atoms with Crippen LogP contribution in [0.4, 0.5) is 4.79 Å². The standard InChI is InChI=1S/C13H20N4O4/c1-13(2,21)6-16(3)12(20)17-5-9-8(14-7-15-9)4-10(17)11(18)19/h7,10,21H,4-6H2,1-3H3,(H,14,15)(H,18,19). The van der Waals surface area contributed by atoms with E-state index in [1.54, 1.807) is 20.9 Å². The summed E-state index contributed by atoms with van der Waals surface area (Å²) in [5.41, 5.74) is 0.382. The molecule has 8 heteroatoms. The van der Waals surface area contributed by atoms with Crippen molar-refractivity contribution < 1.29 is 19.8 Å². The predicted octanol–water partition coefficient (Wildman–Crippen LogP) is 0.0437. The lowest BCUT2D eigenvalue weighted by molar-refractivity contribution is -0.143. The average molecular weight is 296 g/mol. The van der Waals surface area contributed by atoms with Gasteiger partial charge in [0.25, 0.3) is 0 Å². The van der Waals surface area contributed by atoms with Crippen LogP contribution in [0.2, 0.25) is 0 Å². The van der Waals surface area contributed by atoms with Gasteiger partial charge in [-0.1, -0.05) is 0 Å². The number of nitrogens with one attached hydrogen (secondary N) is 1. The third kappa shape index (κ3) is 3.33. The average Bonchev–Trinajstić information content (AvgIpc) is 2.81. The molecular weight excluding hydrogens is 276 g/mol. The molecule has 21 heavy (non-hydrogen) atoms. The Hall–Kier alpha value is -2.09. The molecule has 0 fully saturated rings. The third-order valence-corrected chi connectivity index (χ3v) is 3.38. The first kappa shape index (κ1) is 15.3. The molecule has 2 amide bonds. The number of aliphatic hydroxyl groups is 1. The number of hydrogen-bond donors (Lipinski definition) is 3. The van der Waals surface area contributed by atoms with E-state index >= 15 is 0 Å². The summed E-state index contributed by atoms with van der Waals surface area (Å²) in [6, 6.07) is -1.37. The van der Waals surface area contributed by atoms with Gasteiger partial charge in [0.1, 0.15) is 6.04 Å². The monoisotopic (exact) mass is 296 g/mol. The number of H-pyrrole nitrogens is 1. The van der Waals surface area contributed by atoms with Crippen molar-refractivity contribution in [1.29, 1.82) is 0 Å². The second-order valence-electron chi connectivity index (χ2n) is 5.96. The quantitative estimate of drug-likeness (QED) is 0.729. The molecule has 1 aromatic rings. The van der Waals surface area contributed by atoms with Crippen LogP contribution in [0.25, 0.3) is 0 Å². The van der Waals surface area contributed by atoms with Gasteiger partial charge in [0.05, 0.1) is 36.4 Å². The number of amides is 2. The highest BCUT2D eigenvalue weighted by molar-refractivity contribution is 5.83. The molecule has 0 radical (unpaired) electrons. The molecule has 2 heterocycles. The summed E-state index contributed by atoms with van der Waals surface area (Å²) in [6.45, 7) is 3.47. The van der Waals surface area contributed by atoms with E-state index in [2.05, 4.69) is 9.97 Å². The predicted molar refractivity (Wildman–Crippen MR) is 73.6 cm³/mol. The molecule has 116 valence electrons. The third-order valence-electron chi connectivity index (χ3n) is 3.38. The van der Waals surface area contributed by atoms with E-state index in [1.807, 2.05) is 0 Å². The van der Waals surface area contributed by atoms with E-state index in [9.17, 15) is 19.8 Å². The highest BCUT2D eigenvalue weighted by atomic mass is 16.4. The van der Waals surface area contributed by atoms with Crippen molar-refractivity contribution in [2.75, 3.05) is 13.6 Å². The van der Waals surface area contributed by atoms with E-state index in [0.29, 0.717) is 5.69 Å². The Morgan fingerprint density at radius 3 is 2.81 bits per heavy atom. The number of carbonyl (C=O) groups excluding carboxylic acids is 1. The smallest absolute Gasteiger partial charge is 0.326 e. The van der Waals surface area contributed by atoms with Crippen LogP contribution in [0.15, 0.2) is 6.33 Å². The first-order valence-electron chi connectivity index (χ1n) is 6.67. The van der Waals surface area contributed by atoms with Crippen LogP contribution in [0.3, 0.4) is 0 Å². The molecule has 0 spiro atoms. The summed E-state index contributed by atoms with van der Waals surface area (Å²) in [7, 11) is 1.54. The zero-order chi connectivity index (χ0) is 15.8. The number of urea groups is 1. The van der Waals surface area contributed by atoms with Crippen LogP contribution >= 0.6 is 0 Å². The highest BCUT2D eigenvalue weighted by Gasteiger charge is 2.37. The van der Waals surface area contributed by atoms with Crippen molar-refractivity contribution in [3.05, 3.63) is 17.7 Å². The van der Waals surface area contributed by atoms with Crippen molar-refractivity contribution in [1.82, 2.24) is 19.8 Å². The number of imidazole rings is 1. The summed E-state index contributed by atoms with van der Waals surface area (Å²) in [4.78, 5) is 33.5. The number of fused-ring (bicyclic) bond motifs is 1. The summed E-state index contributed by atoms with van der Waals surface area (Å²) in [5, 5.41) is 19.1. The number of nitrogens with zero attached hydrogens (tertiary/aromatic N) is 3. The largest absolute Gasteiger partial charge is 0.480 e. The number of hydrogen-bond acceptors (Lipinski definition) is 4. The van der Waals surface area contributed by atoms with Crippen molar-refractivity contribution in [3.63, 3.8) is 0 Å². The van der Waals surface area contributed by atoms with Crippen LogP contribution in [-0.2, 0) is 17.8 Å². The maximum absolute atomic E-state index is 12.5. The second-order valence-corrected chi connectivity index (χ2v) is 5.96. The Labute approximate surface area is 122 Å². The molecule has 8 nitrogen and oxygen atoms in total. The van der Waals surface area contributed by atoms with Gasteiger partial charge in [-0.3, -0.25) is 0 Å². The number of carbonyl (C=O) groups is 2. The summed E-state index contributed by atoms with van der Waals surface area (Å²) < 4.78 is 0. The number of likely N-dealkylation sites (N-methyl/N-ethyl adjacent to an activating group) is 1. The molecule has 1 unspecified atom stereocenters. The fourth-order valence-electron chi connectivity index (χ4n) is 2.52. The van der Waals surface area contributed by atoms with E-state index < -0.39 is 23.6 Å². The summed E-state index contributed by atoms with van der Waals surface area (Å²) in [6.07, 6.45) is 1.67. The van der Waals surface area contributed by atoms with Gasteiger partial charge in [0.2, 0.25) is 0 Å². The molecule has 1 aliphatic heterocycles. The van der Waals surface area contributed by atoms with Crippen LogP contribution in [0.5, 0.6) is 0 Å². The fourth-order valence-corrected chi connectivity index (χ4v) is 2.52. The Bertz CT molecular complexity index is 549. The van der Waals surface area contributed by atoms with Crippen molar-refractivity contribution >= 4 is 12.0 Å². The topological polar surface area (TPSA) is 110 Å². The first-order chi connectivity index (χ1) is 9.69. The summed E-state index contributed by atoms with van der Waals surface area (Å²) >= 11 is 0. The van der Waals surface area contributed by atoms with E-state index in [-0.39, 0.29) is 19.5 Å². The van der Waals surface area contributed by atoms with E-state index in [4.69, 9.17) is 0 Å². The Morgan fingerprint density at radius 1 is 1.57 bits per heavy atom. The molecule has 0 saturated heterocycles. The molecule has 1 aliphatic rings. The molecular formula is C13H20N4O4. The van der Waals surface area contributed by atoms with Crippen molar-refractivity contribution in [3.8, 4) is 0 Å². The number of aliphatic carboxylic acids is 1. The highest BCUT2D eigenvalue weighted by Crippen LogP contribution is 2.22. The normalized spacial score (nSPS) is 18.3. The number of carboxylic acid groups (broad SMARTS) is 1. The lowest BCUT2D eigenvalue weighted by Crippen LogP contribution is -2.54. The van der Waals surface area contributed by atoms with Gasteiger partial charge in [0, 0.05) is 13.5 Å². The molecule has 1 aromatic heterocycles. The van der Waals surface area contributed by atoms with Gasteiger partial charge < -0.3 is 25.0 Å². The van der Waals surface area contributed by atoms with Crippen molar-refractivity contribution in [2.24, 2.45) is 0 Å². The fraction of sp³-hybridized carbons (Fsp3) is 0.615. The minimum Gasteiger partial charge on any atom is -0.480 e. The van der Waals surface area contributed by atoms with Gasteiger partial charge in [-0.15, -0.1) is 0 Å². The molecule has 2 rings (SSSR count). The molecule has 3 N–H and O–H groups in total. The zero-order valence-electron chi connectivity index (χ0n) is 12.3. The number of rotatable bonds is 3. The number of carboxylic acids is 1. The Morgan fingerprint density at radius 2 is 2.24 bits per heavy atom. The van der Waals surface area contributed by atoms with Gasteiger partial charge in [-0.25, -0.2) is 14.6 Å². The SMILES string of the molecule is CN(CC(C)(C)O)C(=O)N1Cc2[nH]cnc2CC1C(=O)O. The lowest BCUT2D eigenvalue weighted by Gasteiger charge is -2.36. The number of aromatic nitrogens is 2. The van der Waals surface area contributed by atoms with Gasteiger partial charge in [0.15, 0.2) is 0 Å². The van der Waals surface area contributed by atoms with Gasteiger partial charge >= 0.3 is 12.0 Å². The Kier molecular flexibility index (Phi) is 3.91. The molecule has 0 saturated carbocycles. The van der Waals surface area contributed by atoms with Crippen LogP contribution in [0, 0.1) is 0 Å². The Balaban J connectivity index is 2.20. The van der Waals surface area contributed by atoms with Crippen molar-refractivity contribution in [2.45, 2.75) is 38.5 Å². The number of aromatic amines is 1. The van der Waals surface area contributed by atoms with E-state index in [0.717, 1.165) is 5.69 Å². The van der Waals surface area contributed by atoms with Gasteiger partial charge in [-0.05, 0) is 13.8 Å². The maximum Gasteiger partial charge on any atom is 0.326 e. The molecule has 0 aliphatic carbocycles. The van der Waals surface area contributed by atoms with Crippen LogP contribution in [-0.4, -0.2) is 67.2 Å². The maximum atomic E-state index is 12.5. The molecule has 0 bridgehead atoms. The van der Waals surface area contributed by atoms with Crippen LogP contribution < -0.4 is 0 Å².